The maximum Gasteiger partial charge on any atom is 0.332 e. The predicted molar refractivity (Wildman–Crippen MR) is 78.6 cm³/mol. The zero-order chi connectivity index (χ0) is 16.4. The monoisotopic (exact) mass is 337 g/mol. The van der Waals surface area contributed by atoms with Crippen LogP contribution in [0.25, 0.3) is 0 Å². The Morgan fingerprint density at radius 3 is 2.10 bits per heavy atom. The molecule has 1 aromatic carbocycles. The predicted octanol–water partition coefficient (Wildman–Crippen LogP) is 2.40. The molecule has 5 nitrogen and oxygen atoms in total. The molecule has 0 saturated heterocycles. The minimum atomic E-state index is -4.93. The highest BCUT2D eigenvalue weighted by Crippen LogP contribution is 2.23. The van der Waals surface area contributed by atoms with Crippen LogP contribution in [-0.2, 0) is 20.2 Å². The Morgan fingerprint density at radius 2 is 1.62 bits per heavy atom. The van der Waals surface area contributed by atoms with Gasteiger partial charge in [0.25, 0.3) is 0 Å². The molecule has 120 valence electrons. The minimum absolute atomic E-state index is 0.237. The van der Waals surface area contributed by atoms with Gasteiger partial charge in [0, 0.05) is 13.1 Å². The first kappa shape index (κ1) is 18.1. The fraction of sp³-hybridized carbons (Fsp3) is 0.538. The van der Waals surface area contributed by atoms with Crippen molar-refractivity contribution in [1.29, 1.82) is 0 Å². The molecule has 1 aromatic rings. The van der Waals surface area contributed by atoms with E-state index in [1.54, 1.807) is 6.92 Å². The SMILES string of the molecule is CC(C)CC(C)N(C)S(=O)(=O)c1cccc(S(=O)(=O)F)c1. The third-order valence-electron chi connectivity index (χ3n) is 3.20. The molecule has 0 saturated carbocycles. The number of hydrogen-bond donors (Lipinski definition) is 0. The minimum Gasteiger partial charge on any atom is -0.207 e. The van der Waals surface area contributed by atoms with Gasteiger partial charge in [0.05, 0.1) is 9.79 Å². The molecule has 0 aliphatic heterocycles. The van der Waals surface area contributed by atoms with Gasteiger partial charge in [-0.1, -0.05) is 19.9 Å². The van der Waals surface area contributed by atoms with E-state index < -0.39 is 25.1 Å². The van der Waals surface area contributed by atoms with Crippen molar-refractivity contribution in [3.8, 4) is 0 Å². The van der Waals surface area contributed by atoms with Crippen molar-refractivity contribution >= 4 is 20.2 Å². The number of hydrogen-bond acceptors (Lipinski definition) is 4. The molecule has 0 spiro atoms. The van der Waals surface area contributed by atoms with Gasteiger partial charge in [0.2, 0.25) is 10.0 Å². The van der Waals surface area contributed by atoms with Gasteiger partial charge in [-0.25, -0.2) is 8.42 Å². The largest absolute Gasteiger partial charge is 0.332 e. The summed E-state index contributed by atoms with van der Waals surface area (Å²) in [7, 11) is -7.37. The van der Waals surface area contributed by atoms with Crippen molar-refractivity contribution in [3.05, 3.63) is 24.3 Å². The van der Waals surface area contributed by atoms with Crippen LogP contribution in [0.3, 0.4) is 0 Å². The fourth-order valence-corrected chi connectivity index (χ4v) is 4.02. The summed E-state index contributed by atoms with van der Waals surface area (Å²) >= 11 is 0. The Hall–Kier alpha value is -0.990. The molecular weight excluding hydrogens is 317 g/mol. The second-order valence-corrected chi connectivity index (χ2v) is 8.76. The van der Waals surface area contributed by atoms with Crippen LogP contribution in [0.1, 0.15) is 27.2 Å². The van der Waals surface area contributed by atoms with E-state index in [0.29, 0.717) is 12.3 Å². The quantitative estimate of drug-likeness (QED) is 0.747. The molecule has 1 unspecified atom stereocenters. The van der Waals surface area contributed by atoms with Crippen LogP contribution >= 0.6 is 0 Å². The fourth-order valence-electron chi connectivity index (χ4n) is 2.02. The smallest absolute Gasteiger partial charge is 0.207 e. The number of nitrogens with zero attached hydrogens (tertiary/aromatic N) is 1. The van der Waals surface area contributed by atoms with E-state index in [0.717, 1.165) is 12.1 Å². The van der Waals surface area contributed by atoms with Gasteiger partial charge in [-0.15, -0.1) is 3.89 Å². The van der Waals surface area contributed by atoms with Crippen LogP contribution in [-0.4, -0.2) is 34.2 Å². The summed E-state index contributed by atoms with van der Waals surface area (Å²) in [6, 6.07) is 4.07. The normalized spacial score (nSPS) is 14.6. The van der Waals surface area contributed by atoms with E-state index in [-0.39, 0.29) is 10.9 Å². The molecule has 0 amide bonds. The first-order valence-corrected chi connectivity index (χ1v) is 9.31. The Morgan fingerprint density at radius 1 is 1.10 bits per heavy atom. The zero-order valence-electron chi connectivity index (χ0n) is 12.4. The van der Waals surface area contributed by atoms with Crippen molar-refractivity contribution in [1.82, 2.24) is 4.31 Å². The van der Waals surface area contributed by atoms with Crippen molar-refractivity contribution in [2.24, 2.45) is 5.92 Å². The lowest BCUT2D eigenvalue weighted by atomic mass is 10.1. The van der Waals surface area contributed by atoms with Gasteiger partial charge in [-0.3, -0.25) is 0 Å². The zero-order valence-corrected chi connectivity index (χ0v) is 14.1. The highest BCUT2D eigenvalue weighted by molar-refractivity contribution is 7.89. The van der Waals surface area contributed by atoms with Crippen LogP contribution in [0.4, 0.5) is 3.89 Å². The van der Waals surface area contributed by atoms with Crippen molar-refractivity contribution in [2.45, 2.75) is 43.0 Å². The summed E-state index contributed by atoms with van der Waals surface area (Å²) < 4.78 is 60.8. The van der Waals surface area contributed by atoms with E-state index in [4.69, 9.17) is 0 Å². The van der Waals surface area contributed by atoms with E-state index >= 15 is 0 Å². The van der Waals surface area contributed by atoms with Gasteiger partial charge in [-0.2, -0.15) is 12.7 Å². The Bertz CT molecular complexity index is 699. The lowest BCUT2D eigenvalue weighted by Gasteiger charge is -2.25. The van der Waals surface area contributed by atoms with E-state index in [1.807, 2.05) is 13.8 Å². The molecule has 8 heteroatoms. The number of sulfonamides is 1. The summed E-state index contributed by atoms with van der Waals surface area (Å²) in [5.74, 6) is 0.315. The summed E-state index contributed by atoms with van der Waals surface area (Å²) in [6.07, 6.45) is 0.664. The average molecular weight is 337 g/mol. The van der Waals surface area contributed by atoms with Crippen LogP contribution in [0.15, 0.2) is 34.1 Å². The summed E-state index contributed by atoms with van der Waals surface area (Å²) in [4.78, 5) is -0.896. The number of rotatable bonds is 6. The van der Waals surface area contributed by atoms with E-state index in [9.17, 15) is 20.7 Å². The molecule has 21 heavy (non-hydrogen) atoms. The Labute approximate surface area is 126 Å². The second kappa shape index (κ2) is 6.41. The summed E-state index contributed by atoms with van der Waals surface area (Å²) in [6.45, 7) is 5.73. The van der Waals surface area contributed by atoms with Gasteiger partial charge in [0.1, 0.15) is 0 Å². The van der Waals surface area contributed by atoms with Crippen molar-refractivity contribution < 1.29 is 20.7 Å². The van der Waals surface area contributed by atoms with Crippen LogP contribution in [0.2, 0.25) is 0 Å². The van der Waals surface area contributed by atoms with Crippen molar-refractivity contribution in [2.75, 3.05) is 7.05 Å². The maximum absolute atomic E-state index is 13.0. The third kappa shape index (κ3) is 4.49. The molecular formula is C13H20FNO4S2. The lowest BCUT2D eigenvalue weighted by molar-refractivity contribution is 0.338. The highest BCUT2D eigenvalue weighted by Gasteiger charge is 2.27. The maximum atomic E-state index is 13.0. The molecule has 1 atom stereocenters. The number of benzene rings is 1. The molecule has 0 aliphatic carbocycles. The molecule has 0 radical (unpaired) electrons. The first-order chi connectivity index (χ1) is 9.46. The van der Waals surface area contributed by atoms with Crippen LogP contribution < -0.4 is 0 Å². The van der Waals surface area contributed by atoms with Gasteiger partial charge >= 0.3 is 10.2 Å². The molecule has 0 bridgehead atoms. The third-order valence-corrected chi connectivity index (χ3v) is 5.98. The molecule has 0 N–H and O–H groups in total. The Balaban J connectivity index is 3.20. The van der Waals surface area contributed by atoms with E-state index in [1.165, 1.54) is 23.5 Å². The lowest BCUT2D eigenvalue weighted by Crippen LogP contribution is -2.35. The van der Waals surface area contributed by atoms with Gasteiger partial charge < -0.3 is 0 Å². The summed E-state index contributed by atoms with van der Waals surface area (Å²) in [5.41, 5.74) is 0. The first-order valence-electron chi connectivity index (χ1n) is 6.49. The van der Waals surface area contributed by atoms with Gasteiger partial charge in [-0.05, 0) is 37.5 Å². The second-order valence-electron chi connectivity index (χ2n) is 5.41. The van der Waals surface area contributed by atoms with Crippen molar-refractivity contribution in [3.63, 3.8) is 0 Å². The van der Waals surface area contributed by atoms with Gasteiger partial charge in [0.15, 0.2) is 0 Å². The highest BCUT2D eigenvalue weighted by atomic mass is 32.3. The topological polar surface area (TPSA) is 71.5 Å². The summed E-state index contributed by atoms with van der Waals surface area (Å²) in [5, 5.41) is 0. The molecule has 1 rings (SSSR count). The Kier molecular flexibility index (Phi) is 5.51. The van der Waals surface area contributed by atoms with Crippen LogP contribution in [0, 0.1) is 5.92 Å². The van der Waals surface area contributed by atoms with E-state index in [2.05, 4.69) is 0 Å². The van der Waals surface area contributed by atoms with Crippen LogP contribution in [0.5, 0.6) is 0 Å². The standard InChI is InChI=1S/C13H20FNO4S2/c1-10(2)8-11(3)15(4)21(18,19)13-7-5-6-12(9-13)20(14,16)17/h5-7,9-11H,8H2,1-4H3. The molecule has 0 aromatic heterocycles. The number of halogens is 1. The average Bonchev–Trinajstić information content (AvgIpc) is 2.36. The molecule has 0 aliphatic rings. The molecule has 0 fully saturated rings. The molecule has 0 heterocycles.